The molecule has 0 spiro atoms. The second-order valence-electron chi connectivity index (χ2n) is 6.06. The van der Waals surface area contributed by atoms with Gasteiger partial charge in [-0.3, -0.25) is 9.59 Å². The van der Waals surface area contributed by atoms with E-state index in [1.165, 1.54) is 12.1 Å². The quantitative estimate of drug-likeness (QED) is 0.717. The first kappa shape index (κ1) is 18.7. The number of carbonyl (C=O) groups excluding carboxylic acids is 1. The summed E-state index contributed by atoms with van der Waals surface area (Å²) < 4.78 is 15.0. The van der Waals surface area contributed by atoms with Crippen LogP contribution >= 0.6 is 0 Å². The Balaban J connectivity index is 1.98. The number of hydrogen-bond donors (Lipinski definition) is 2. The second-order valence-corrected chi connectivity index (χ2v) is 6.06. The zero-order valence-electron chi connectivity index (χ0n) is 14.5. The van der Waals surface area contributed by atoms with Gasteiger partial charge >= 0.3 is 5.97 Å². The van der Waals surface area contributed by atoms with Gasteiger partial charge in [0.2, 0.25) is 0 Å². The number of aliphatic carboxylic acids is 1. The van der Waals surface area contributed by atoms with Crippen molar-refractivity contribution in [1.29, 1.82) is 0 Å². The van der Waals surface area contributed by atoms with E-state index in [1.807, 2.05) is 24.5 Å². The molecule has 0 bridgehead atoms. The maximum absolute atomic E-state index is 13.1. The first-order valence-corrected chi connectivity index (χ1v) is 8.35. The van der Waals surface area contributed by atoms with Crippen molar-refractivity contribution in [1.82, 2.24) is 9.88 Å². The molecule has 0 fully saturated rings. The van der Waals surface area contributed by atoms with Gasteiger partial charge in [0.05, 0.1) is 5.56 Å². The molecule has 2 N–H and O–H groups in total. The highest BCUT2D eigenvalue weighted by Gasteiger charge is 2.16. The lowest BCUT2D eigenvalue weighted by Gasteiger charge is -2.10. The van der Waals surface area contributed by atoms with Crippen molar-refractivity contribution in [3.63, 3.8) is 0 Å². The van der Waals surface area contributed by atoms with Crippen molar-refractivity contribution in [3.05, 3.63) is 53.1 Å². The van der Waals surface area contributed by atoms with Crippen molar-refractivity contribution in [2.24, 2.45) is 0 Å². The number of hydrogen-bond acceptors (Lipinski definition) is 2. The fraction of sp³-hybridized carbons (Fsp3) is 0.368. The summed E-state index contributed by atoms with van der Waals surface area (Å²) in [5.74, 6) is -1.25. The highest BCUT2D eigenvalue weighted by atomic mass is 19.1. The molecule has 0 aliphatic carbocycles. The Kier molecular flexibility index (Phi) is 6.33. The Hall–Kier alpha value is -2.63. The van der Waals surface area contributed by atoms with Crippen LogP contribution in [-0.2, 0) is 4.79 Å². The number of halogens is 1. The summed E-state index contributed by atoms with van der Waals surface area (Å²) in [4.78, 5) is 22.8. The van der Waals surface area contributed by atoms with Crippen LogP contribution in [0.5, 0.6) is 0 Å². The Labute approximate surface area is 146 Å². The van der Waals surface area contributed by atoms with Gasteiger partial charge in [-0.1, -0.05) is 6.42 Å². The Bertz CT molecular complexity index is 751. The Morgan fingerprint density at radius 3 is 2.44 bits per heavy atom. The number of unbranched alkanes of at least 4 members (excludes halogenated alkanes) is 2. The number of nitrogens with zero attached hydrogens (tertiary/aromatic N) is 1. The number of carbonyl (C=O) groups is 2. The van der Waals surface area contributed by atoms with Gasteiger partial charge in [-0.15, -0.1) is 0 Å². The number of rotatable bonds is 8. The van der Waals surface area contributed by atoms with Crippen molar-refractivity contribution >= 4 is 11.9 Å². The molecule has 5 nitrogen and oxygen atoms in total. The number of aryl methyl sites for hydroxylation is 1. The molecule has 0 aliphatic rings. The first-order chi connectivity index (χ1) is 11.9. The van der Waals surface area contributed by atoms with Crippen LogP contribution in [0.25, 0.3) is 5.69 Å². The fourth-order valence-corrected chi connectivity index (χ4v) is 2.86. The first-order valence-electron chi connectivity index (χ1n) is 8.35. The van der Waals surface area contributed by atoms with Crippen LogP contribution in [0.2, 0.25) is 0 Å². The van der Waals surface area contributed by atoms with Crippen LogP contribution in [0.3, 0.4) is 0 Å². The van der Waals surface area contributed by atoms with Crippen molar-refractivity contribution in [2.45, 2.75) is 39.5 Å². The molecule has 2 aromatic rings. The monoisotopic (exact) mass is 346 g/mol. The molecule has 6 heteroatoms. The Morgan fingerprint density at radius 1 is 1.12 bits per heavy atom. The van der Waals surface area contributed by atoms with Gasteiger partial charge in [0.25, 0.3) is 5.91 Å². The molecule has 0 saturated carbocycles. The minimum Gasteiger partial charge on any atom is -0.481 e. The minimum absolute atomic E-state index is 0.153. The standard InChI is InChI=1S/C19H23FN2O3/c1-13-12-17(19(25)21-11-5-3-4-6-18(23)24)14(2)22(13)16-9-7-15(20)8-10-16/h7-10,12H,3-6,11H2,1-2H3,(H,21,25)(H,23,24). The summed E-state index contributed by atoms with van der Waals surface area (Å²) >= 11 is 0. The van der Waals surface area contributed by atoms with E-state index in [2.05, 4.69) is 5.32 Å². The average molecular weight is 346 g/mol. The van der Waals surface area contributed by atoms with Gasteiger partial charge in [-0.05, 0) is 57.0 Å². The summed E-state index contributed by atoms with van der Waals surface area (Å²) in [6.07, 6.45) is 2.29. The van der Waals surface area contributed by atoms with Gasteiger partial charge in [0, 0.05) is 30.0 Å². The Morgan fingerprint density at radius 2 is 1.80 bits per heavy atom. The smallest absolute Gasteiger partial charge is 0.303 e. The zero-order valence-corrected chi connectivity index (χ0v) is 14.5. The molecular weight excluding hydrogens is 323 g/mol. The molecule has 1 heterocycles. The van der Waals surface area contributed by atoms with Gasteiger partial charge in [0.15, 0.2) is 0 Å². The molecule has 0 atom stereocenters. The predicted octanol–water partition coefficient (Wildman–Crippen LogP) is 3.61. The van der Waals surface area contributed by atoms with Crippen LogP contribution in [0, 0.1) is 19.7 Å². The van der Waals surface area contributed by atoms with Gasteiger partial charge in [0.1, 0.15) is 5.82 Å². The molecule has 25 heavy (non-hydrogen) atoms. The zero-order chi connectivity index (χ0) is 18.4. The topological polar surface area (TPSA) is 71.3 Å². The van der Waals surface area contributed by atoms with E-state index in [0.29, 0.717) is 18.5 Å². The van der Waals surface area contributed by atoms with E-state index in [-0.39, 0.29) is 18.1 Å². The third kappa shape index (κ3) is 4.92. The molecular formula is C19H23FN2O3. The maximum atomic E-state index is 13.1. The number of nitrogens with one attached hydrogen (secondary N) is 1. The summed E-state index contributed by atoms with van der Waals surface area (Å²) in [6.45, 7) is 4.27. The maximum Gasteiger partial charge on any atom is 0.303 e. The van der Waals surface area contributed by atoms with E-state index in [9.17, 15) is 14.0 Å². The van der Waals surface area contributed by atoms with Crippen LogP contribution in [0.4, 0.5) is 4.39 Å². The molecule has 0 unspecified atom stereocenters. The molecule has 0 saturated heterocycles. The van der Waals surface area contributed by atoms with E-state index in [4.69, 9.17) is 5.11 Å². The lowest BCUT2D eigenvalue weighted by Crippen LogP contribution is -2.24. The van der Waals surface area contributed by atoms with E-state index in [0.717, 1.165) is 29.9 Å². The second kappa shape index (κ2) is 8.46. The van der Waals surface area contributed by atoms with E-state index >= 15 is 0 Å². The summed E-state index contributed by atoms with van der Waals surface area (Å²) in [7, 11) is 0. The molecule has 0 radical (unpaired) electrons. The summed E-state index contributed by atoms with van der Waals surface area (Å²) in [5.41, 5.74) is 3.10. The highest BCUT2D eigenvalue weighted by molar-refractivity contribution is 5.95. The number of amides is 1. The van der Waals surface area contributed by atoms with Gasteiger partial charge in [-0.2, -0.15) is 0 Å². The van der Waals surface area contributed by atoms with Crippen LogP contribution in [0.1, 0.15) is 47.4 Å². The molecule has 1 aromatic carbocycles. The summed E-state index contributed by atoms with van der Waals surface area (Å²) in [5, 5.41) is 11.5. The van der Waals surface area contributed by atoms with Crippen molar-refractivity contribution in [2.75, 3.05) is 6.54 Å². The SMILES string of the molecule is Cc1cc(C(=O)NCCCCCC(=O)O)c(C)n1-c1ccc(F)cc1. The number of benzene rings is 1. The van der Waals surface area contributed by atoms with E-state index in [1.54, 1.807) is 12.1 Å². The van der Waals surface area contributed by atoms with Crippen LogP contribution in [-0.4, -0.2) is 28.1 Å². The molecule has 134 valence electrons. The summed E-state index contributed by atoms with van der Waals surface area (Å²) in [6, 6.07) is 7.97. The lowest BCUT2D eigenvalue weighted by atomic mass is 10.2. The van der Waals surface area contributed by atoms with E-state index < -0.39 is 5.97 Å². The predicted molar refractivity (Wildman–Crippen MR) is 93.6 cm³/mol. The molecule has 1 aromatic heterocycles. The normalized spacial score (nSPS) is 10.7. The average Bonchev–Trinajstić information content (AvgIpc) is 2.86. The number of carboxylic acid groups (broad SMARTS) is 1. The van der Waals surface area contributed by atoms with Gasteiger partial charge < -0.3 is 15.0 Å². The molecule has 2 rings (SSSR count). The van der Waals surface area contributed by atoms with Gasteiger partial charge in [-0.25, -0.2) is 4.39 Å². The highest BCUT2D eigenvalue weighted by Crippen LogP contribution is 2.21. The molecule has 1 amide bonds. The lowest BCUT2D eigenvalue weighted by molar-refractivity contribution is -0.137. The molecule has 0 aliphatic heterocycles. The van der Waals surface area contributed by atoms with Crippen molar-refractivity contribution in [3.8, 4) is 5.69 Å². The third-order valence-electron chi connectivity index (χ3n) is 4.11. The van der Waals surface area contributed by atoms with Crippen LogP contribution in [0.15, 0.2) is 30.3 Å². The fourth-order valence-electron chi connectivity index (χ4n) is 2.86. The minimum atomic E-state index is -0.794. The third-order valence-corrected chi connectivity index (χ3v) is 4.11. The number of carboxylic acids is 1. The largest absolute Gasteiger partial charge is 0.481 e. The van der Waals surface area contributed by atoms with Crippen molar-refractivity contribution < 1.29 is 19.1 Å². The number of aromatic nitrogens is 1. The van der Waals surface area contributed by atoms with Crippen LogP contribution < -0.4 is 5.32 Å².